The van der Waals surface area contributed by atoms with E-state index >= 15 is 0 Å². The number of nitrogens with zero attached hydrogens (tertiary/aromatic N) is 1. The minimum atomic E-state index is -3.92. The zero-order valence-electron chi connectivity index (χ0n) is 18.5. The third-order valence-electron chi connectivity index (χ3n) is 5.75. The number of para-hydroxylation sites is 2. The smallest absolute Gasteiger partial charge is 0.262 e. The van der Waals surface area contributed by atoms with Crippen LogP contribution in [0.5, 0.6) is 5.75 Å². The Bertz CT molecular complexity index is 1160. The zero-order valence-corrected chi connectivity index (χ0v) is 20.2. The van der Waals surface area contributed by atoms with Gasteiger partial charge in [0.1, 0.15) is 5.75 Å². The molecule has 2 aliphatic rings. The van der Waals surface area contributed by atoms with Crippen LogP contribution in [0.15, 0.2) is 52.3 Å². The van der Waals surface area contributed by atoms with Gasteiger partial charge in [-0.25, -0.2) is 8.42 Å². The summed E-state index contributed by atoms with van der Waals surface area (Å²) in [6.07, 6.45) is 1.87. The second kappa shape index (κ2) is 9.64. The van der Waals surface area contributed by atoms with Crippen LogP contribution in [-0.2, 0) is 19.6 Å². The fourth-order valence-electron chi connectivity index (χ4n) is 3.85. The summed E-state index contributed by atoms with van der Waals surface area (Å²) < 4.78 is 34.0. The average Bonchev–Trinajstić information content (AvgIpc) is 2.79. The predicted molar refractivity (Wildman–Crippen MR) is 128 cm³/mol. The molecule has 2 aliphatic heterocycles. The molecule has 4 rings (SSSR count). The predicted octanol–water partition coefficient (Wildman–Crippen LogP) is 3.56. The molecule has 2 amide bonds. The summed E-state index contributed by atoms with van der Waals surface area (Å²) in [5, 5.41) is 1.85. The van der Waals surface area contributed by atoms with E-state index < -0.39 is 21.2 Å². The van der Waals surface area contributed by atoms with Crippen LogP contribution >= 0.6 is 11.8 Å². The number of likely N-dealkylation sites (tertiary alicyclic amines) is 1. The molecule has 1 saturated heterocycles. The molecule has 0 unspecified atom stereocenters. The van der Waals surface area contributed by atoms with Gasteiger partial charge in [-0.3, -0.25) is 14.3 Å². The second-order valence-electron chi connectivity index (χ2n) is 8.19. The molecule has 10 heteroatoms. The van der Waals surface area contributed by atoms with Gasteiger partial charge in [-0.1, -0.05) is 19.1 Å². The number of benzene rings is 2. The highest BCUT2D eigenvalue weighted by atomic mass is 32.2. The van der Waals surface area contributed by atoms with Gasteiger partial charge in [0, 0.05) is 18.0 Å². The van der Waals surface area contributed by atoms with Crippen molar-refractivity contribution >= 4 is 45.0 Å². The molecule has 0 radical (unpaired) electrons. The first-order chi connectivity index (χ1) is 15.8. The maximum atomic E-state index is 13.0. The molecular weight excluding hydrogens is 462 g/mol. The Kier molecular flexibility index (Phi) is 6.85. The van der Waals surface area contributed by atoms with Gasteiger partial charge in [-0.05, 0) is 56.0 Å². The van der Waals surface area contributed by atoms with Crippen molar-refractivity contribution < 1.29 is 22.7 Å². The van der Waals surface area contributed by atoms with Crippen LogP contribution < -0.4 is 14.8 Å². The van der Waals surface area contributed by atoms with Gasteiger partial charge in [0.05, 0.1) is 22.9 Å². The Balaban J connectivity index is 1.52. The topological polar surface area (TPSA) is 105 Å². The molecule has 0 saturated carbocycles. The number of nitrogens with one attached hydrogen (secondary N) is 2. The summed E-state index contributed by atoms with van der Waals surface area (Å²) in [4.78, 5) is 28.0. The number of ether oxygens (including phenoxy) is 1. The van der Waals surface area contributed by atoms with Gasteiger partial charge in [0.2, 0.25) is 11.8 Å². The van der Waals surface area contributed by atoms with Gasteiger partial charge < -0.3 is 15.0 Å². The van der Waals surface area contributed by atoms with Crippen molar-refractivity contribution in [1.82, 2.24) is 4.90 Å². The molecule has 0 aliphatic carbocycles. The summed E-state index contributed by atoms with van der Waals surface area (Å²) in [7, 11) is -3.92. The quantitative estimate of drug-likeness (QED) is 0.601. The molecular formula is C23H27N3O5S2. The highest BCUT2D eigenvalue weighted by Crippen LogP contribution is 2.38. The van der Waals surface area contributed by atoms with E-state index in [1.807, 2.05) is 6.92 Å². The van der Waals surface area contributed by atoms with Crippen molar-refractivity contribution in [1.29, 1.82) is 0 Å². The van der Waals surface area contributed by atoms with E-state index in [-0.39, 0.29) is 10.8 Å². The molecule has 33 heavy (non-hydrogen) atoms. The highest BCUT2D eigenvalue weighted by molar-refractivity contribution is 8.01. The van der Waals surface area contributed by atoms with E-state index in [2.05, 4.69) is 17.0 Å². The molecule has 176 valence electrons. The summed E-state index contributed by atoms with van der Waals surface area (Å²) in [5.41, 5.74) is 0.708. The van der Waals surface area contributed by atoms with Crippen molar-refractivity contribution in [2.24, 2.45) is 5.92 Å². The van der Waals surface area contributed by atoms with E-state index in [1.165, 1.54) is 12.1 Å². The second-order valence-corrected chi connectivity index (χ2v) is 11.0. The van der Waals surface area contributed by atoms with E-state index in [4.69, 9.17) is 4.74 Å². The van der Waals surface area contributed by atoms with Crippen LogP contribution in [0.4, 0.5) is 11.4 Å². The number of rotatable bonds is 6. The van der Waals surface area contributed by atoms with Crippen molar-refractivity contribution in [3.63, 3.8) is 0 Å². The number of carbonyl (C=O) groups is 2. The molecule has 1 fully saturated rings. The monoisotopic (exact) mass is 489 g/mol. The molecule has 2 N–H and O–H groups in total. The lowest BCUT2D eigenvalue weighted by Gasteiger charge is -2.33. The van der Waals surface area contributed by atoms with Crippen LogP contribution in [0.2, 0.25) is 0 Å². The highest BCUT2D eigenvalue weighted by Gasteiger charge is 2.37. The fourth-order valence-corrected chi connectivity index (χ4v) is 6.00. The first kappa shape index (κ1) is 23.4. The Morgan fingerprint density at radius 2 is 1.94 bits per heavy atom. The van der Waals surface area contributed by atoms with Gasteiger partial charge in [0.25, 0.3) is 10.0 Å². The van der Waals surface area contributed by atoms with Gasteiger partial charge in [-0.15, -0.1) is 11.8 Å². The van der Waals surface area contributed by atoms with E-state index in [9.17, 15) is 18.0 Å². The van der Waals surface area contributed by atoms with Gasteiger partial charge in [0.15, 0.2) is 5.25 Å². The summed E-state index contributed by atoms with van der Waals surface area (Å²) in [5.74, 6) is 0.386. The van der Waals surface area contributed by atoms with Crippen LogP contribution in [0.1, 0.15) is 26.7 Å². The Morgan fingerprint density at radius 3 is 2.67 bits per heavy atom. The molecule has 1 atom stereocenters. The molecule has 0 aromatic heterocycles. The lowest BCUT2D eigenvalue weighted by atomic mass is 9.99. The summed E-state index contributed by atoms with van der Waals surface area (Å²) in [6, 6.07) is 11.3. The van der Waals surface area contributed by atoms with Crippen LogP contribution in [0.3, 0.4) is 0 Å². The standard InChI is InChI=1S/C23H27N3O5S2/c1-3-31-19-7-5-4-6-17(19)25-33(29,30)16-8-9-20-18(14-16)24-22(27)21(32-20)23(28)26-12-10-15(2)11-13-26/h4-9,14-15,21,25H,3,10-13H2,1-2H3,(H,24,27)/t21-/m1/s1. The minimum absolute atomic E-state index is 0.00301. The van der Waals surface area contributed by atoms with Crippen LogP contribution in [-0.4, -0.2) is 50.1 Å². The number of piperidine rings is 1. The number of anilines is 2. The lowest BCUT2D eigenvalue weighted by molar-refractivity contribution is -0.135. The molecule has 0 spiro atoms. The minimum Gasteiger partial charge on any atom is -0.492 e. The molecule has 2 aromatic rings. The zero-order chi connectivity index (χ0) is 23.6. The van der Waals surface area contributed by atoms with E-state index in [1.54, 1.807) is 35.2 Å². The third-order valence-corrected chi connectivity index (χ3v) is 8.38. The van der Waals surface area contributed by atoms with Gasteiger partial charge >= 0.3 is 0 Å². The Morgan fingerprint density at radius 1 is 1.21 bits per heavy atom. The number of hydrogen-bond acceptors (Lipinski definition) is 6. The Labute approximate surface area is 198 Å². The average molecular weight is 490 g/mol. The fraction of sp³-hybridized carbons (Fsp3) is 0.391. The van der Waals surface area contributed by atoms with Crippen molar-refractivity contribution in [2.45, 2.75) is 41.7 Å². The number of hydrogen-bond donors (Lipinski definition) is 2. The van der Waals surface area contributed by atoms with E-state index in [0.29, 0.717) is 47.6 Å². The number of carbonyl (C=O) groups excluding carboxylic acids is 2. The Hall–Kier alpha value is -2.72. The summed E-state index contributed by atoms with van der Waals surface area (Å²) >= 11 is 1.16. The number of sulfonamides is 1. The van der Waals surface area contributed by atoms with Crippen molar-refractivity contribution in [3.8, 4) is 5.75 Å². The molecule has 8 nitrogen and oxygen atoms in total. The SMILES string of the molecule is CCOc1ccccc1NS(=O)(=O)c1ccc2c(c1)NC(=O)[C@H](C(=O)N1CCC(C)CC1)S2. The molecule has 2 aromatic carbocycles. The van der Waals surface area contributed by atoms with Crippen LogP contribution in [0, 0.1) is 5.92 Å². The van der Waals surface area contributed by atoms with Crippen molar-refractivity contribution in [3.05, 3.63) is 42.5 Å². The normalized spacial score (nSPS) is 18.9. The van der Waals surface area contributed by atoms with Crippen molar-refractivity contribution in [2.75, 3.05) is 29.7 Å². The number of fused-ring (bicyclic) bond motifs is 1. The first-order valence-electron chi connectivity index (χ1n) is 10.9. The maximum Gasteiger partial charge on any atom is 0.262 e. The first-order valence-corrected chi connectivity index (χ1v) is 13.3. The van der Waals surface area contributed by atoms with Gasteiger partial charge in [-0.2, -0.15) is 0 Å². The number of thioether (sulfide) groups is 1. The molecule has 2 heterocycles. The maximum absolute atomic E-state index is 13.0. The number of amides is 2. The largest absolute Gasteiger partial charge is 0.492 e. The lowest BCUT2D eigenvalue weighted by Crippen LogP contribution is -2.47. The third kappa shape index (κ3) is 5.11. The van der Waals surface area contributed by atoms with Crippen LogP contribution in [0.25, 0.3) is 0 Å². The summed E-state index contributed by atoms with van der Waals surface area (Å²) in [6.45, 7) is 5.69. The molecule has 0 bridgehead atoms. The van der Waals surface area contributed by atoms with E-state index in [0.717, 1.165) is 24.6 Å².